The lowest BCUT2D eigenvalue weighted by atomic mass is 9.73. The highest BCUT2D eigenvalue weighted by Gasteiger charge is 2.43. The van der Waals surface area contributed by atoms with E-state index < -0.39 is 27.2 Å². The molecular formula is C21H22BrFN2O4S. The van der Waals surface area contributed by atoms with Gasteiger partial charge in [0.15, 0.2) is 0 Å². The van der Waals surface area contributed by atoms with Crippen LogP contribution in [0.1, 0.15) is 25.3 Å². The predicted molar refractivity (Wildman–Crippen MR) is 113 cm³/mol. The maximum absolute atomic E-state index is 13.7. The molecule has 0 saturated carbocycles. The topological polar surface area (TPSA) is 83.6 Å². The maximum atomic E-state index is 13.7. The number of carbonyl (C=O) groups is 2. The van der Waals surface area contributed by atoms with Gasteiger partial charge in [-0.2, -0.15) is 0 Å². The molecule has 160 valence electrons. The average Bonchev–Trinajstić information content (AvgIpc) is 2.68. The Labute approximate surface area is 183 Å². The van der Waals surface area contributed by atoms with Crippen LogP contribution in [0.5, 0.6) is 0 Å². The average molecular weight is 497 g/mol. The van der Waals surface area contributed by atoms with E-state index in [4.69, 9.17) is 0 Å². The minimum Gasteiger partial charge on any atom is -0.343 e. The van der Waals surface area contributed by atoms with Gasteiger partial charge in [-0.05, 0) is 65.0 Å². The van der Waals surface area contributed by atoms with Crippen LogP contribution in [0.3, 0.4) is 0 Å². The normalized spacial score (nSPS) is 16.2. The second-order valence-corrected chi connectivity index (χ2v) is 9.96. The molecule has 1 fully saturated rings. The zero-order valence-electron chi connectivity index (χ0n) is 16.4. The summed E-state index contributed by atoms with van der Waals surface area (Å²) in [7, 11) is -4.11. The Balaban J connectivity index is 1.91. The van der Waals surface area contributed by atoms with E-state index in [1.807, 2.05) is 0 Å². The SMILES string of the molecule is CC(=O)N1CCC(Cc2cccc(F)c2)(C(=O)NS(=O)(=O)c2ccccc2Br)CC1. The molecule has 2 aromatic carbocycles. The Bertz CT molecular complexity index is 1070. The van der Waals surface area contributed by atoms with Gasteiger partial charge in [-0.15, -0.1) is 0 Å². The van der Waals surface area contributed by atoms with Crippen molar-refractivity contribution in [1.29, 1.82) is 0 Å². The van der Waals surface area contributed by atoms with Crippen molar-refractivity contribution in [2.75, 3.05) is 13.1 Å². The van der Waals surface area contributed by atoms with Gasteiger partial charge < -0.3 is 4.90 Å². The van der Waals surface area contributed by atoms with Crippen molar-refractivity contribution in [1.82, 2.24) is 9.62 Å². The number of nitrogens with one attached hydrogen (secondary N) is 1. The number of sulfonamides is 1. The van der Waals surface area contributed by atoms with E-state index in [9.17, 15) is 22.4 Å². The molecule has 1 aliphatic rings. The second-order valence-electron chi connectivity index (χ2n) is 7.46. The molecular weight excluding hydrogens is 475 g/mol. The van der Waals surface area contributed by atoms with E-state index in [0.29, 0.717) is 23.1 Å². The van der Waals surface area contributed by atoms with E-state index >= 15 is 0 Å². The molecule has 0 aliphatic carbocycles. The van der Waals surface area contributed by atoms with Crippen LogP contribution in [0.25, 0.3) is 0 Å². The van der Waals surface area contributed by atoms with Crippen molar-refractivity contribution in [2.24, 2.45) is 5.41 Å². The van der Waals surface area contributed by atoms with Gasteiger partial charge >= 0.3 is 0 Å². The lowest BCUT2D eigenvalue weighted by Gasteiger charge is -2.40. The Morgan fingerprint density at radius 2 is 1.80 bits per heavy atom. The first-order valence-electron chi connectivity index (χ1n) is 9.45. The molecule has 2 aromatic rings. The number of hydrogen-bond donors (Lipinski definition) is 1. The van der Waals surface area contributed by atoms with Crippen molar-refractivity contribution in [3.63, 3.8) is 0 Å². The van der Waals surface area contributed by atoms with Crippen molar-refractivity contribution in [3.8, 4) is 0 Å². The first-order chi connectivity index (χ1) is 14.1. The number of rotatable bonds is 5. The fourth-order valence-corrected chi connectivity index (χ4v) is 5.80. The van der Waals surface area contributed by atoms with Gasteiger partial charge in [0.25, 0.3) is 10.0 Å². The minimum atomic E-state index is -4.11. The number of likely N-dealkylation sites (tertiary alicyclic amines) is 1. The highest BCUT2D eigenvalue weighted by molar-refractivity contribution is 9.10. The molecule has 0 unspecified atom stereocenters. The molecule has 6 nitrogen and oxygen atoms in total. The number of nitrogens with zero attached hydrogens (tertiary/aromatic N) is 1. The van der Waals surface area contributed by atoms with Gasteiger partial charge in [-0.25, -0.2) is 17.5 Å². The van der Waals surface area contributed by atoms with Crippen molar-refractivity contribution < 1.29 is 22.4 Å². The monoisotopic (exact) mass is 496 g/mol. The van der Waals surface area contributed by atoms with Gasteiger partial charge in [0, 0.05) is 24.5 Å². The zero-order valence-corrected chi connectivity index (χ0v) is 18.8. The van der Waals surface area contributed by atoms with E-state index in [1.54, 1.807) is 35.2 Å². The van der Waals surface area contributed by atoms with E-state index in [2.05, 4.69) is 20.7 Å². The number of amides is 2. The summed E-state index contributed by atoms with van der Waals surface area (Å²) in [5.74, 6) is -1.17. The molecule has 0 spiro atoms. The van der Waals surface area contributed by atoms with Gasteiger partial charge in [-0.3, -0.25) is 9.59 Å². The summed E-state index contributed by atoms with van der Waals surface area (Å²) < 4.78 is 41.9. The molecule has 1 aliphatic heterocycles. The van der Waals surface area contributed by atoms with Gasteiger partial charge in [0.05, 0.1) is 5.41 Å². The van der Waals surface area contributed by atoms with Crippen LogP contribution in [0.2, 0.25) is 0 Å². The maximum Gasteiger partial charge on any atom is 0.265 e. The number of benzene rings is 2. The molecule has 9 heteroatoms. The third kappa shape index (κ3) is 4.89. The minimum absolute atomic E-state index is 0.0413. The first kappa shape index (κ1) is 22.4. The fourth-order valence-electron chi connectivity index (χ4n) is 3.72. The molecule has 0 bridgehead atoms. The van der Waals surface area contributed by atoms with Gasteiger partial charge in [0.1, 0.15) is 10.7 Å². The lowest BCUT2D eigenvalue weighted by molar-refractivity contribution is -0.138. The lowest BCUT2D eigenvalue weighted by Crippen LogP contribution is -2.52. The van der Waals surface area contributed by atoms with Crippen LogP contribution in [-0.4, -0.2) is 38.2 Å². The molecule has 30 heavy (non-hydrogen) atoms. The Morgan fingerprint density at radius 1 is 1.13 bits per heavy atom. The van der Waals surface area contributed by atoms with Crippen LogP contribution in [0, 0.1) is 11.2 Å². The summed E-state index contributed by atoms with van der Waals surface area (Å²) in [5, 5.41) is 0. The summed E-state index contributed by atoms with van der Waals surface area (Å²) in [4.78, 5) is 26.6. The summed E-state index contributed by atoms with van der Waals surface area (Å²) >= 11 is 3.20. The molecule has 1 heterocycles. The van der Waals surface area contributed by atoms with Crippen molar-refractivity contribution in [2.45, 2.75) is 31.1 Å². The third-order valence-corrected chi connectivity index (χ3v) is 7.78. The summed E-state index contributed by atoms with van der Waals surface area (Å²) in [6, 6.07) is 12.1. The molecule has 2 amide bonds. The summed E-state index contributed by atoms with van der Waals surface area (Å²) in [6.07, 6.45) is 0.731. The number of halogens is 2. The Hall–Kier alpha value is -2.26. The van der Waals surface area contributed by atoms with E-state index in [-0.39, 0.29) is 30.1 Å². The molecule has 0 atom stereocenters. The number of hydrogen-bond acceptors (Lipinski definition) is 4. The number of piperidine rings is 1. The quantitative estimate of drug-likeness (QED) is 0.688. The first-order valence-corrected chi connectivity index (χ1v) is 11.7. The van der Waals surface area contributed by atoms with Crippen molar-refractivity contribution in [3.05, 3.63) is 64.4 Å². The molecule has 3 rings (SSSR count). The Morgan fingerprint density at radius 3 is 2.40 bits per heavy atom. The van der Waals surface area contributed by atoms with Crippen molar-refractivity contribution >= 4 is 37.8 Å². The van der Waals surface area contributed by atoms with Crippen LogP contribution in [0.4, 0.5) is 4.39 Å². The second kappa shape index (κ2) is 8.85. The van der Waals surface area contributed by atoms with Crippen LogP contribution in [0.15, 0.2) is 57.9 Å². The molecule has 1 N–H and O–H groups in total. The smallest absolute Gasteiger partial charge is 0.265 e. The van der Waals surface area contributed by atoms with Crippen LogP contribution < -0.4 is 4.72 Å². The number of carbonyl (C=O) groups excluding carboxylic acids is 2. The zero-order chi connectivity index (χ0) is 21.9. The van der Waals surface area contributed by atoms with Gasteiger partial charge in [0.2, 0.25) is 11.8 Å². The standard InChI is InChI=1S/C21H22BrFN2O4S/c1-15(26)25-11-9-21(10-12-25,14-16-5-4-6-17(23)13-16)20(27)24-30(28,29)19-8-3-2-7-18(19)22/h2-8,13H,9-12,14H2,1H3,(H,24,27). The third-order valence-electron chi connectivity index (χ3n) is 5.43. The largest absolute Gasteiger partial charge is 0.343 e. The molecule has 0 radical (unpaired) electrons. The molecule has 1 saturated heterocycles. The van der Waals surface area contributed by atoms with Crippen LogP contribution >= 0.6 is 15.9 Å². The predicted octanol–water partition coefficient (Wildman–Crippen LogP) is 3.26. The summed E-state index contributed by atoms with van der Waals surface area (Å²) in [6.45, 7) is 2.11. The van der Waals surface area contributed by atoms with Gasteiger partial charge in [-0.1, -0.05) is 24.3 Å². The summed E-state index contributed by atoms with van der Waals surface area (Å²) in [5.41, 5.74) is -0.478. The fraction of sp³-hybridized carbons (Fsp3) is 0.333. The highest BCUT2D eigenvalue weighted by atomic mass is 79.9. The Kier molecular flexibility index (Phi) is 6.62. The van der Waals surface area contributed by atoms with Crippen LogP contribution in [-0.2, 0) is 26.0 Å². The molecule has 0 aromatic heterocycles. The van der Waals surface area contributed by atoms with E-state index in [1.165, 1.54) is 25.1 Å². The van der Waals surface area contributed by atoms with E-state index in [0.717, 1.165) is 0 Å². The highest BCUT2D eigenvalue weighted by Crippen LogP contribution is 2.36.